The lowest BCUT2D eigenvalue weighted by Crippen LogP contribution is -2.36. The molecule has 0 radical (unpaired) electrons. The first-order valence-corrected chi connectivity index (χ1v) is 8.44. The smallest absolute Gasteiger partial charge is 0.00965 e. The van der Waals surface area contributed by atoms with Crippen LogP contribution < -0.4 is 5.32 Å². The molecule has 0 bridgehead atoms. The fourth-order valence-electron chi connectivity index (χ4n) is 3.01. The second kappa shape index (κ2) is 8.97. The van der Waals surface area contributed by atoms with E-state index in [9.17, 15) is 0 Å². The first-order valence-electron chi connectivity index (χ1n) is 8.44. The van der Waals surface area contributed by atoms with Gasteiger partial charge in [0.2, 0.25) is 0 Å². The first-order chi connectivity index (χ1) is 8.99. The van der Waals surface area contributed by atoms with Crippen LogP contribution in [0.25, 0.3) is 0 Å². The van der Waals surface area contributed by atoms with Gasteiger partial charge in [0.1, 0.15) is 0 Å². The molecule has 0 unspecified atom stereocenters. The van der Waals surface area contributed by atoms with Gasteiger partial charge in [-0.25, -0.2) is 0 Å². The van der Waals surface area contributed by atoms with Crippen LogP contribution in [0.15, 0.2) is 0 Å². The van der Waals surface area contributed by atoms with Crippen LogP contribution in [0.5, 0.6) is 0 Å². The van der Waals surface area contributed by atoms with Crippen molar-refractivity contribution in [2.45, 2.75) is 90.1 Å². The zero-order valence-electron chi connectivity index (χ0n) is 13.8. The molecule has 2 nitrogen and oxygen atoms in total. The molecule has 114 valence electrons. The summed E-state index contributed by atoms with van der Waals surface area (Å²) < 4.78 is 0. The molecule has 0 heterocycles. The van der Waals surface area contributed by atoms with Crippen LogP contribution in [-0.2, 0) is 0 Å². The van der Waals surface area contributed by atoms with Gasteiger partial charge >= 0.3 is 0 Å². The Bertz CT molecular complexity index is 214. The summed E-state index contributed by atoms with van der Waals surface area (Å²) in [6, 6.07) is 0.885. The Hall–Kier alpha value is -0.0800. The second-order valence-electron chi connectivity index (χ2n) is 7.36. The van der Waals surface area contributed by atoms with Gasteiger partial charge in [0, 0.05) is 11.6 Å². The van der Waals surface area contributed by atoms with Crippen LogP contribution in [-0.4, -0.2) is 36.6 Å². The highest BCUT2D eigenvalue weighted by Crippen LogP contribution is 2.21. The van der Waals surface area contributed by atoms with E-state index in [2.05, 4.69) is 38.0 Å². The van der Waals surface area contributed by atoms with E-state index in [0.717, 1.165) is 6.04 Å². The third-order valence-electron chi connectivity index (χ3n) is 4.29. The van der Waals surface area contributed by atoms with Gasteiger partial charge in [0.25, 0.3) is 0 Å². The summed E-state index contributed by atoms with van der Waals surface area (Å²) in [5.74, 6) is 0. The molecule has 0 aromatic heterocycles. The molecule has 1 aliphatic carbocycles. The maximum atomic E-state index is 3.56. The van der Waals surface area contributed by atoms with Gasteiger partial charge in [0.15, 0.2) is 0 Å². The Balaban J connectivity index is 1.92. The van der Waals surface area contributed by atoms with E-state index in [1.165, 1.54) is 70.9 Å². The molecule has 1 saturated carbocycles. The summed E-state index contributed by atoms with van der Waals surface area (Å²) in [5.41, 5.74) is 0.279. The molecule has 1 N–H and O–H groups in total. The molecule has 0 aliphatic heterocycles. The maximum Gasteiger partial charge on any atom is 0.00965 e. The van der Waals surface area contributed by atoms with E-state index in [1.54, 1.807) is 0 Å². The van der Waals surface area contributed by atoms with Crippen molar-refractivity contribution in [3.05, 3.63) is 0 Å². The lowest BCUT2D eigenvalue weighted by molar-refractivity contribution is 0.188. The highest BCUT2D eigenvalue weighted by atomic mass is 15.1. The predicted octanol–water partition coefficient (Wildman–Crippen LogP) is 4.20. The predicted molar refractivity (Wildman–Crippen MR) is 85.7 cm³/mol. The van der Waals surface area contributed by atoms with Crippen molar-refractivity contribution < 1.29 is 0 Å². The van der Waals surface area contributed by atoms with Crippen LogP contribution in [0.1, 0.15) is 78.6 Å². The van der Waals surface area contributed by atoms with Crippen LogP contribution in [0.4, 0.5) is 0 Å². The second-order valence-corrected chi connectivity index (χ2v) is 7.36. The topological polar surface area (TPSA) is 15.3 Å². The van der Waals surface area contributed by atoms with E-state index < -0.39 is 0 Å². The molecular weight excluding hydrogens is 232 g/mol. The molecule has 1 aliphatic rings. The molecule has 2 heteroatoms. The van der Waals surface area contributed by atoms with Gasteiger partial charge in [-0.1, -0.05) is 32.1 Å². The molecule has 0 aromatic rings. The average Bonchev–Trinajstić information content (AvgIpc) is 2.37. The standard InChI is InChI=1S/C17H36N2/c1-17(2,3)18-14-10-5-6-11-15-19(4)16-12-8-7-9-13-16/h16,18H,5-15H2,1-4H3. The summed E-state index contributed by atoms with van der Waals surface area (Å²) in [6.45, 7) is 9.20. The molecule has 1 rings (SSSR count). The Kier molecular flexibility index (Phi) is 8.01. The number of rotatable bonds is 8. The molecule has 0 aromatic carbocycles. The number of unbranched alkanes of at least 4 members (excludes halogenated alkanes) is 3. The molecular formula is C17H36N2. The van der Waals surface area contributed by atoms with Gasteiger partial charge in [0.05, 0.1) is 0 Å². The van der Waals surface area contributed by atoms with Crippen LogP contribution in [0, 0.1) is 0 Å². The highest BCUT2D eigenvalue weighted by Gasteiger charge is 2.17. The van der Waals surface area contributed by atoms with Crippen molar-refractivity contribution in [1.82, 2.24) is 10.2 Å². The van der Waals surface area contributed by atoms with Gasteiger partial charge in [-0.05, 0) is 66.6 Å². The van der Waals surface area contributed by atoms with Crippen molar-refractivity contribution in [3.8, 4) is 0 Å². The van der Waals surface area contributed by atoms with Gasteiger partial charge < -0.3 is 10.2 Å². The summed E-state index contributed by atoms with van der Waals surface area (Å²) in [7, 11) is 2.33. The Labute approximate surface area is 121 Å². The van der Waals surface area contributed by atoms with Crippen molar-refractivity contribution in [3.63, 3.8) is 0 Å². The SMILES string of the molecule is CN(CCCCCCNC(C)(C)C)C1CCCCC1. The Morgan fingerprint density at radius 3 is 2.21 bits per heavy atom. The van der Waals surface area contributed by atoms with Crippen LogP contribution in [0.3, 0.4) is 0 Å². The maximum absolute atomic E-state index is 3.56. The molecule has 1 fully saturated rings. The van der Waals surface area contributed by atoms with E-state index in [4.69, 9.17) is 0 Å². The number of hydrogen-bond acceptors (Lipinski definition) is 2. The van der Waals surface area contributed by atoms with Gasteiger partial charge in [-0.3, -0.25) is 0 Å². The van der Waals surface area contributed by atoms with E-state index in [-0.39, 0.29) is 5.54 Å². The molecule has 0 amide bonds. The summed E-state index contributed by atoms with van der Waals surface area (Å²) in [4.78, 5) is 2.62. The van der Waals surface area contributed by atoms with E-state index in [1.807, 2.05) is 0 Å². The fourth-order valence-corrected chi connectivity index (χ4v) is 3.01. The van der Waals surface area contributed by atoms with Crippen molar-refractivity contribution in [1.29, 1.82) is 0 Å². The first kappa shape index (κ1) is 17.0. The minimum absolute atomic E-state index is 0.279. The molecule has 19 heavy (non-hydrogen) atoms. The van der Waals surface area contributed by atoms with E-state index >= 15 is 0 Å². The highest BCUT2D eigenvalue weighted by molar-refractivity contribution is 4.73. The Morgan fingerprint density at radius 2 is 1.58 bits per heavy atom. The third kappa shape index (κ3) is 8.65. The normalized spacial score (nSPS) is 18.2. The molecule has 0 spiro atoms. The lowest BCUT2D eigenvalue weighted by atomic mass is 9.94. The monoisotopic (exact) mass is 268 g/mol. The van der Waals surface area contributed by atoms with Gasteiger partial charge in [-0.15, -0.1) is 0 Å². The zero-order valence-corrected chi connectivity index (χ0v) is 13.8. The zero-order chi connectivity index (χ0) is 14.1. The lowest BCUT2D eigenvalue weighted by Gasteiger charge is -2.31. The van der Waals surface area contributed by atoms with Gasteiger partial charge in [-0.2, -0.15) is 0 Å². The summed E-state index contributed by atoms with van der Waals surface area (Å²) in [6.07, 6.45) is 12.7. The Morgan fingerprint density at radius 1 is 0.947 bits per heavy atom. The quantitative estimate of drug-likeness (QED) is 0.664. The van der Waals surface area contributed by atoms with E-state index in [0.29, 0.717) is 0 Å². The minimum atomic E-state index is 0.279. The largest absolute Gasteiger partial charge is 0.312 e. The number of hydrogen-bond donors (Lipinski definition) is 1. The summed E-state index contributed by atoms with van der Waals surface area (Å²) >= 11 is 0. The third-order valence-corrected chi connectivity index (χ3v) is 4.29. The number of nitrogens with one attached hydrogen (secondary N) is 1. The van der Waals surface area contributed by atoms with Crippen molar-refractivity contribution in [2.75, 3.05) is 20.1 Å². The average molecular weight is 268 g/mol. The van der Waals surface area contributed by atoms with Crippen LogP contribution in [0.2, 0.25) is 0 Å². The van der Waals surface area contributed by atoms with Crippen molar-refractivity contribution in [2.24, 2.45) is 0 Å². The summed E-state index contributed by atoms with van der Waals surface area (Å²) in [5, 5.41) is 3.56. The van der Waals surface area contributed by atoms with Crippen molar-refractivity contribution >= 4 is 0 Å². The number of nitrogens with zero attached hydrogens (tertiary/aromatic N) is 1. The van der Waals surface area contributed by atoms with Crippen LogP contribution >= 0.6 is 0 Å². The minimum Gasteiger partial charge on any atom is -0.312 e. The fraction of sp³-hybridized carbons (Fsp3) is 1.00. The molecule has 0 saturated heterocycles. The molecule has 0 atom stereocenters.